The van der Waals surface area contributed by atoms with Crippen LogP contribution in [-0.2, 0) is 12.3 Å². The van der Waals surface area contributed by atoms with Crippen molar-refractivity contribution in [2.45, 2.75) is 37.2 Å². The average molecular weight is 369 g/mol. The van der Waals surface area contributed by atoms with Crippen molar-refractivity contribution < 1.29 is 4.92 Å². The molecule has 1 heterocycles. The van der Waals surface area contributed by atoms with E-state index in [9.17, 15) is 14.9 Å². The van der Waals surface area contributed by atoms with E-state index in [1.165, 1.54) is 17.8 Å². The van der Waals surface area contributed by atoms with Crippen LogP contribution in [0.25, 0.3) is 10.9 Å². The Bertz CT molecular complexity index is 1000. The summed E-state index contributed by atoms with van der Waals surface area (Å²) in [4.78, 5) is 28.3. The van der Waals surface area contributed by atoms with E-state index in [2.05, 4.69) is 11.9 Å². The molecule has 26 heavy (non-hydrogen) atoms. The molecule has 0 amide bonds. The van der Waals surface area contributed by atoms with Crippen LogP contribution in [0.4, 0.5) is 5.69 Å². The summed E-state index contributed by atoms with van der Waals surface area (Å²) in [5.41, 5.74) is 1.29. The molecule has 0 aliphatic carbocycles. The molecule has 0 bridgehead atoms. The Hall–Kier alpha value is -2.67. The van der Waals surface area contributed by atoms with Gasteiger partial charge in [0.15, 0.2) is 5.16 Å². The number of hydrogen-bond acceptors (Lipinski definition) is 5. The lowest BCUT2D eigenvalue weighted by atomic mass is 10.2. The van der Waals surface area contributed by atoms with Crippen molar-refractivity contribution in [3.05, 3.63) is 74.6 Å². The van der Waals surface area contributed by atoms with E-state index in [4.69, 9.17) is 0 Å². The lowest BCUT2D eigenvalue weighted by Gasteiger charge is -2.12. The second-order valence-corrected chi connectivity index (χ2v) is 6.84. The number of thioether (sulfide) groups is 1. The first-order valence-electron chi connectivity index (χ1n) is 8.46. The summed E-state index contributed by atoms with van der Waals surface area (Å²) in [5.74, 6) is 0.383. The summed E-state index contributed by atoms with van der Waals surface area (Å²) in [6, 6.07) is 13.9. The number of unbranched alkanes of at least 4 members (excludes halogenated alkanes) is 1. The normalized spacial score (nSPS) is 11.0. The molecule has 0 aliphatic rings. The molecule has 134 valence electrons. The van der Waals surface area contributed by atoms with Gasteiger partial charge in [0, 0.05) is 23.9 Å². The molecule has 7 heteroatoms. The lowest BCUT2D eigenvalue weighted by molar-refractivity contribution is -0.385. The number of para-hydroxylation sites is 2. The second kappa shape index (κ2) is 8.14. The maximum absolute atomic E-state index is 12.8. The average Bonchev–Trinajstić information content (AvgIpc) is 2.66. The quantitative estimate of drug-likeness (QED) is 0.267. The number of nitro groups is 1. The van der Waals surface area contributed by atoms with Crippen LogP contribution in [0.1, 0.15) is 25.3 Å². The van der Waals surface area contributed by atoms with Gasteiger partial charge >= 0.3 is 0 Å². The summed E-state index contributed by atoms with van der Waals surface area (Å²) in [7, 11) is 0. The lowest BCUT2D eigenvalue weighted by Crippen LogP contribution is -2.23. The second-order valence-electron chi connectivity index (χ2n) is 5.90. The van der Waals surface area contributed by atoms with Gasteiger partial charge in [-0.05, 0) is 18.6 Å². The zero-order valence-corrected chi connectivity index (χ0v) is 15.2. The van der Waals surface area contributed by atoms with Crippen LogP contribution >= 0.6 is 11.8 Å². The maximum Gasteiger partial charge on any atom is 0.273 e. The summed E-state index contributed by atoms with van der Waals surface area (Å²) in [5, 5.41) is 12.4. The Kier molecular flexibility index (Phi) is 5.68. The van der Waals surface area contributed by atoms with Crippen molar-refractivity contribution >= 4 is 28.4 Å². The molecule has 0 aliphatic heterocycles. The summed E-state index contributed by atoms with van der Waals surface area (Å²) >= 11 is 1.36. The van der Waals surface area contributed by atoms with Crippen molar-refractivity contribution in [1.29, 1.82) is 0 Å². The van der Waals surface area contributed by atoms with Crippen molar-refractivity contribution in [3.63, 3.8) is 0 Å². The highest BCUT2D eigenvalue weighted by atomic mass is 32.2. The third-order valence-electron chi connectivity index (χ3n) is 4.11. The summed E-state index contributed by atoms with van der Waals surface area (Å²) in [6.45, 7) is 2.66. The first kappa shape index (κ1) is 18.1. The molecule has 0 spiro atoms. The van der Waals surface area contributed by atoms with Crippen molar-refractivity contribution in [3.8, 4) is 0 Å². The molecule has 3 rings (SSSR count). The summed E-state index contributed by atoms with van der Waals surface area (Å²) < 4.78 is 1.69. The number of hydrogen-bond donors (Lipinski definition) is 0. The molecular formula is C19H19N3O3S. The van der Waals surface area contributed by atoms with E-state index in [1.807, 2.05) is 18.2 Å². The van der Waals surface area contributed by atoms with Crippen LogP contribution in [0.15, 0.2) is 58.5 Å². The summed E-state index contributed by atoms with van der Waals surface area (Å²) in [6.07, 6.45) is 1.84. The minimum Gasteiger partial charge on any atom is -0.287 e. The molecule has 0 saturated carbocycles. The van der Waals surface area contributed by atoms with Gasteiger partial charge in [0.25, 0.3) is 11.2 Å². The molecule has 1 aromatic heterocycles. The van der Waals surface area contributed by atoms with Crippen molar-refractivity contribution in [2.75, 3.05) is 0 Å². The Labute approximate surface area is 155 Å². The van der Waals surface area contributed by atoms with Crippen LogP contribution in [-0.4, -0.2) is 14.5 Å². The fraction of sp³-hybridized carbons (Fsp3) is 0.263. The van der Waals surface area contributed by atoms with E-state index in [0.29, 0.717) is 33.9 Å². The monoisotopic (exact) mass is 369 g/mol. The fourth-order valence-corrected chi connectivity index (χ4v) is 3.75. The predicted molar refractivity (Wildman–Crippen MR) is 104 cm³/mol. The van der Waals surface area contributed by atoms with E-state index < -0.39 is 0 Å². The van der Waals surface area contributed by atoms with Gasteiger partial charge in [-0.3, -0.25) is 19.5 Å². The molecule has 0 radical (unpaired) electrons. The Morgan fingerprint density at radius 2 is 1.88 bits per heavy atom. The van der Waals surface area contributed by atoms with Crippen LogP contribution in [0.5, 0.6) is 0 Å². The third kappa shape index (κ3) is 3.77. The maximum atomic E-state index is 12.8. The van der Waals surface area contributed by atoms with Gasteiger partial charge in [-0.15, -0.1) is 0 Å². The van der Waals surface area contributed by atoms with E-state index in [1.54, 1.807) is 28.8 Å². The number of nitro benzene ring substituents is 1. The van der Waals surface area contributed by atoms with Gasteiger partial charge in [-0.2, -0.15) is 0 Å². The molecular weight excluding hydrogens is 350 g/mol. The van der Waals surface area contributed by atoms with Gasteiger partial charge in [-0.25, -0.2) is 4.98 Å². The highest BCUT2D eigenvalue weighted by molar-refractivity contribution is 7.98. The molecule has 0 atom stereocenters. The molecule has 0 unspecified atom stereocenters. The first-order chi connectivity index (χ1) is 12.6. The Balaban J connectivity index is 1.99. The first-order valence-corrected chi connectivity index (χ1v) is 9.45. The van der Waals surface area contributed by atoms with Crippen LogP contribution in [0.2, 0.25) is 0 Å². The van der Waals surface area contributed by atoms with Crippen LogP contribution in [0.3, 0.4) is 0 Å². The molecule has 0 saturated heterocycles. The minimum absolute atomic E-state index is 0.0610. The fourth-order valence-electron chi connectivity index (χ4n) is 2.72. The molecule has 3 aromatic rings. The highest BCUT2D eigenvalue weighted by Crippen LogP contribution is 2.27. The Morgan fingerprint density at radius 3 is 2.65 bits per heavy atom. The molecule has 0 fully saturated rings. The SMILES string of the molecule is CCCCn1c(SCc2ccccc2[N+](=O)[O-])nc2ccccc2c1=O. The number of aromatic nitrogens is 2. The number of nitrogens with zero attached hydrogens (tertiary/aromatic N) is 3. The van der Waals surface area contributed by atoms with Crippen molar-refractivity contribution in [1.82, 2.24) is 9.55 Å². The van der Waals surface area contributed by atoms with Crippen LogP contribution < -0.4 is 5.56 Å². The van der Waals surface area contributed by atoms with E-state index in [0.717, 1.165) is 12.8 Å². The van der Waals surface area contributed by atoms with E-state index in [-0.39, 0.29) is 16.2 Å². The van der Waals surface area contributed by atoms with Gasteiger partial charge in [0.2, 0.25) is 0 Å². The molecule has 2 aromatic carbocycles. The molecule has 6 nitrogen and oxygen atoms in total. The van der Waals surface area contributed by atoms with Gasteiger partial charge < -0.3 is 0 Å². The number of benzene rings is 2. The zero-order valence-electron chi connectivity index (χ0n) is 14.4. The third-order valence-corrected chi connectivity index (χ3v) is 5.13. The van der Waals surface area contributed by atoms with Gasteiger partial charge in [-0.1, -0.05) is 55.4 Å². The van der Waals surface area contributed by atoms with E-state index >= 15 is 0 Å². The van der Waals surface area contributed by atoms with Gasteiger partial charge in [0.05, 0.1) is 15.8 Å². The topological polar surface area (TPSA) is 78.0 Å². The largest absolute Gasteiger partial charge is 0.287 e. The van der Waals surface area contributed by atoms with Crippen LogP contribution in [0, 0.1) is 10.1 Å². The standard InChI is InChI=1S/C19H19N3O3S/c1-2-3-12-21-18(23)15-9-5-6-10-16(15)20-19(21)26-13-14-8-4-7-11-17(14)22(24)25/h4-11H,2-3,12-13H2,1H3. The predicted octanol–water partition coefficient (Wildman–Crippen LogP) is 4.40. The number of fused-ring (bicyclic) bond motifs is 1. The van der Waals surface area contributed by atoms with Gasteiger partial charge in [0.1, 0.15) is 0 Å². The van der Waals surface area contributed by atoms with Crippen molar-refractivity contribution in [2.24, 2.45) is 0 Å². The molecule has 0 N–H and O–H groups in total. The zero-order chi connectivity index (χ0) is 18.5. The smallest absolute Gasteiger partial charge is 0.273 e. The highest BCUT2D eigenvalue weighted by Gasteiger charge is 2.15. The minimum atomic E-state index is -0.381. The Morgan fingerprint density at radius 1 is 1.15 bits per heavy atom. The number of rotatable bonds is 7.